The van der Waals surface area contributed by atoms with E-state index in [0.29, 0.717) is 27.0 Å². The van der Waals surface area contributed by atoms with Crippen LogP contribution in [0.5, 0.6) is 0 Å². The second-order valence-electron chi connectivity index (χ2n) is 5.19. The molecule has 0 saturated carbocycles. The van der Waals surface area contributed by atoms with Gasteiger partial charge in [-0.2, -0.15) is 0 Å². The summed E-state index contributed by atoms with van der Waals surface area (Å²) >= 11 is 7.02. The molecule has 0 aliphatic rings. The predicted octanol–water partition coefficient (Wildman–Crippen LogP) is 4.43. The fraction of sp³-hybridized carbons (Fsp3) is 0.125. The van der Waals surface area contributed by atoms with Crippen molar-refractivity contribution in [3.8, 4) is 0 Å². The number of nitrogens with one attached hydrogen (secondary N) is 1. The van der Waals surface area contributed by atoms with Crippen molar-refractivity contribution >= 4 is 51.7 Å². The van der Waals surface area contributed by atoms with Gasteiger partial charge in [-0.1, -0.05) is 29.4 Å². The van der Waals surface area contributed by atoms with Gasteiger partial charge in [-0.3, -0.25) is 14.9 Å². The number of aromatic nitrogens is 1. The molecule has 0 aliphatic heterocycles. The van der Waals surface area contributed by atoms with Crippen molar-refractivity contribution in [1.29, 1.82) is 0 Å². The Hall–Kier alpha value is -2.58. The maximum absolute atomic E-state index is 12.1. The molecule has 0 saturated heterocycles. The Labute approximate surface area is 151 Å². The largest absolute Gasteiger partial charge is 0.431 e. The number of rotatable bonds is 5. The van der Waals surface area contributed by atoms with Crippen LogP contribution in [0.1, 0.15) is 5.56 Å². The molecule has 0 unspecified atom stereocenters. The van der Waals surface area contributed by atoms with Gasteiger partial charge in [0.25, 0.3) is 10.9 Å². The molecule has 0 radical (unpaired) electrons. The van der Waals surface area contributed by atoms with Crippen molar-refractivity contribution in [3.63, 3.8) is 0 Å². The van der Waals surface area contributed by atoms with E-state index in [1.807, 2.05) is 0 Å². The summed E-state index contributed by atoms with van der Waals surface area (Å²) in [6.45, 7) is 1.76. The van der Waals surface area contributed by atoms with Crippen molar-refractivity contribution in [2.75, 3.05) is 11.1 Å². The molecular formula is C16H12ClN3O4S. The molecule has 0 bridgehead atoms. The highest BCUT2D eigenvalue weighted by Gasteiger charge is 2.13. The number of oxazole rings is 1. The molecule has 0 aliphatic carbocycles. The van der Waals surface area contributed by atoms with E-state index in [2.05, 4.69) is 10.3 Å². The van der Waals surface area contributed by atoms with E-state index in [4.69, 9.17) is 16.0 Å². The average Bonchev–Trinajstić information content (AvgIpc) is 2.96. The summed E-state index contributed by atoms with van der Waals surface area (Å²) in [4.78, 5) is 26.7. The zero-order valence-corrected chi connectivity index (χ0v) is 14.6. The number of thioether (sulfide) groups is 1. The van der Waals surface area contributed by atoms with E-state index < -0.39 is 4.92 Å². The number of hydrogen-bond acceptors (Lipinski definition) is 6. The van der Waals surface area contributed by atoms with Gasteiger partial charge in [0.2, 0.25) is 5.91 Å². The lowest BCUT2D eigenvalue weighted by atomic mass is 10.2. The first-order valence-corrected chi connectivity index (χ1v) is 8.52. The van der Waals surface area contributed by atoms with E-state index in [1.165, 1.54) is 12.1 Å². The number of nitro benzene ring substituents is 1. The van der Waals surface area contributed by atoms with E-state index in [1.54, 1.807) is 31.2 Å². The molecule has 2 aromatic carbocycles. The monoisotopic (exact) mass is 377 g/mol. The first-order chi connectivity index (χ1) is 11.9. The number of halogens is 1. The summed E-state index contributed by atoms with van der Waals surface area (Å²) in [5.41, 5.74) is 2.26. The number of anilines is 1. The number of carbonyl (C=O) groups is 1. The van der Waals surface area contributed by atoms with Gasteiger partial charge in [0.05, 0.1) is 16.4 Å². The number of benzene rings is 2. The first kappa shape index (κ1) is 17.2. The maximum Gasteiger partial charge on any atom is 0.271 e. The van der Waals surface area contributed by atoms with Crippen molar-refractivity contribution in [3.05, 3.63) is 57.1 Å². The summed E-state index contributed by atoms with van der Waals surface area (Å²) in [5.74, 6) is -0.253. The van der Waals surface area contributed by atoms with Crippen molar-refractivity contribution in [1.82, 2.24) is 4.98 Å². The topological polar surface area (TPSA) is 98.3 Å². The van der Waals surface area contributed by atoms with Crippen molar-refractivity contribution in [2.45, 2.75) is 12.1 Å². The van der Waals surface area contributed by atoms with Crippen LogP contribution in [0, 0.1) is 17.0 Å². The Kier molecular flexibility index (Phi) is 4.91. The standard InChI is InChI=1S/C16H12ClN3O4S/c1-9-2-4-11(20(22)23)7-12(9)18-15(21)8-25-16-19-13-6-10(17)3-5-14(13)24-16/h2-7H,8H2,1H3,(H,18,21). The zero-order chi connectivity index (χ0) is 18.0. The first-order valence-electron chi connectivity index (χ1n) is 7.16. The number of carbonyl (C=O) groups excluding carboxylic acids is 1. The molecule has 1 aromatic heterocycles. The molecule has 3 rings (SSSR count). The number of amides is 1. The molecule has 9 heteroatoms. The van der Waals surface area contributed by atoms with E-state index in [0.717, 1.165) is 17.3 Å². The van der Waals surface area contributed by atoms with Crippen LogP contribution in [0.25, 0.3) is 11.1 Å². The fourth-order valence-corrected chi connectivity index (χ4v) is 2.92. The predicted molar refractivity (Wildman–Crippen MR) is 96.2 cm³/mol. The summed E-state index contributed by atoms with van der Waals surface area (Å²) in [7, 11) is 0. The molecule has 1 N–H and O–H groups in total. The van der Waals surface area contributed by atoms with Crippen LogP contribution >= 0.6 is 23.4 Å². The van der Waals surface area contributed by atoms with E-state index in [9.17, 15) is 14.9 Å². The number of non-ortho nitro benzene ring substituents is 1. The molecule has 3 aromatic rings. The van der Waals surface area contributed by atoms with Crippen molar-refractivity contribution < 1.29 is 14.1 Å². The fourth-order valence-electron chi connectivity index (χ4n) is 2.11. The molecule has 7 nitrogen and oxygen atoms in total. The normalized spacial score (nSPS) is 10.8. The zero-order valence-electron chi connectivity index (χ0n) is 13.0. The Morgan fingerprint density at radius 2 is 2.16 bits per heavy atom. The second-order valence-corrected chi connectivity index (χ2v) is 6.55. The molecule has 25 heavy (non-hydrogen) atoms. The maximum atomic E-state index is 12.1. The van der Waals surface area contributed by atoms with Crippen LogP contribution in [-0.4, -0.2) is 21.6 Å². The highest BCUT2D eigenvalue weighted by molar-refractivity contribution is 7.99. The van der Waals surface area contributed by atoms with Gasteiger partial charge in [-0.25, -0.2) is 4.98 Å². The number of fused-ring (bicyclic) bond motifs is 1. The lowest BCUT2D eigenvalue weighted by Crippen LogP contribution is -2.15. The van der Waals surface area contributed by atoms with Crippen LogP contribution in [0.2, 0.25) is 5.02 Å². The Balaban J connectivity index is 1.66. The molecule has 128 valence electrons. The second kappa shape index (κ2) is 7.12. The third-order valence-corrected chi connectivity index (χ3v) is 4.43. The number of nitrogens with zero attached hydrogens (tertiary/aromatic N) is 2. The van der Waals surface area contributed by atoms with Gasteiger partial charge in [0, 0.05) is 17.2 Å². The summed E-state index contributed by atoms with van der Waals surface area (Å²) in [6.07, 6.45) is 0. The molecule has 0 atom stereocenters. The summed E-state index contributed by atoms with van der Waals surface area (Å²) in [5, 5.41) is 14.4. The Bertz CT molecular complexity index is 973. The van der Waals surface area contributed by atoms with Gasteiger partial charge in [-0.15, -0.1) is 0 Å². The third-order valence-electron chi connectivity index (χ3n) is 3.36. The van der Waals surface area contributed by atoms with Crippen LogP contribution < -0.4 is 5.32 Å². The number of hydrogen-bond donors (Lipinski definition) is 1. The van der Waals surface area contributed by atoms with Crippen molar-refractivity contribution in [2.24, 2.45) is 0 Å². The Morgan fingerprint density at radius 3 is 2.92 bits per heavy atom. The number of aryl methyl sites for hydroxylation is 1. The molecule has 1 amide bonds. The SMILES string of the molecule is Cc1ccc([N+](=O)[O-])cc1NC(=O)CSc1nc2cc(Cl)ccc2o1. The van der Waals surface area contributed by atoms with Crippen LogP contribution in [0.4, 0.5) is 11.4 Å². The lowest BCUT2D eigenvalue weighted by molar-refractivity contribution is -0.384. The van der Waals surface area contributed by atoms with Crippen LogP contribution in [-0.2, 0) is 4.79 Å². The minimum absolute atomic E-state index is 0.0582. The van der Waals surface area contributed by atoms with Gasteiger partial charge < -0.3 is 9.73 Å². The van der Waals surface area contributed by atoms with Crippen LogP contribution in [0.15, 0.2) is 46.0 Å². The van der Waals surface area contributed by atoms with Gasteiger partial charge in [0.1, 0.15) is 5.52 Å². The molecule has 0 fully saturated rings. The molecule has 0 spiro atoms. The minimum atomic E-state index is -0.507. The smallest absolute Gasteiger partial charge is 0.271 e. The summed E-state index contributed by atoms with van der Waals surface area (Å²) < 4.78 is 5.52. The quantitative estimate of drug-likeness (QED) is 0.401. The molecule has 1 heterocycles. The van der Waals surface area contributed by atoms with Crippen LogP contribution in [0.3, 0.4) is 0 Å². The highest BCUT2D eigenvalue weighted by atomic mass is 35.5. The third kappa shape index (κ3) is 4.09. The molecular weight excluding hydrogens is 366 g/mol. The average molecular weight is 378 g/mol. The summed E-state index contributed by atoms with van der Waals surface area (Å²) in [6, 6.07) is 9.40. The van der Waals surface area contributed by atoms with Gasteiger partial charge >= 0.3 is 0 Å². The van der Waals surface area contributed by atoms with E-state index >= 15 is 0 Å². The number of nitro groups is 1. The minimum Gasteiger partial charge on any atom is -0.431 e. The lowest BCUT2D eigenvalue weighted by Gasteiger charge is -2.07. The van der Waals surface area contributed by atoms with E-state index in [-0.39, 0.29) is 17.3 Å². The van der Waals surface area contributed by atoms with Gasteiger partial charge in [0.15, 0.2) is 5.58 Å². The highest BCUT2D eigenvalue weighted by Crippen LogP contribution is 2.26. The Morgan fingerprint density at radius 1 is 1.36 bits per heavy atom. The van der Waals surface area contributed by atoms with Gasteiger partial charge in [-0.05, 0) is 30.7 Å².